The van der Waals surface area contributed by atoms with E-state index < -0.39 is 5.97 Å². The Labute approximate surface area is 109 Å². The van der Waals surface area contributed by atoms with Gasteiger partial charge in [0.05, 0.1) is 13.1 Å². The van der Waals surface area contributed by atoms with Crippen molar-refractivity contribution in [3.8, 4) is 5.75 Å². The summed E-state index contributed by atoms with van der Waals surface area (Å²) in [6.45, 7) is 0. The molecule has 2 rings (SSSR count). The first-order valence-electron chi connectivity index (χ1n) is 5.31. The van der Waals surface area contributed by atoms with Gasteiger partial charge in [-0.05, 0) is 35.2 Å². The minimum atomic E-state index is -1.17. The van der Waals surface area contributed by atoms with Crippen molar-refractivity contribution in [1.82, 2.24) is 0 Å². The summed E-state index contributed by atoms with van der Waals surface area (Å²) in [4.78, 5) is 11.8. The second-order valence-corrected chi connectivity index (χ2v) is 4.54. The van der Waals surface area contributed by atoms with Crippen molar-refractivity contribution < 1.29 is 14.6 Å². The van der Waals surface area contributed by atoms with Gasteiger partial charge in [0, 0.05) is 10.5 Å². The minimum absolute atomic E-state index is 0.190. The predicted molar refractivity (Wildman–Crippen MR) is 70.2 cm³/mol. The number of rotatable bonds is 4. The molecule has 0 saturated heterocycles. The van der Waals surface area contributed by atoms with Crippen molar-refractivity contribution in [1.29, 1.82) is 0 Å². The van der Waals surface area contributed by atoms with Gasteiger partial charge in [-0.15, -0.1) is 11.3 Å². The van der Waals surface area contributed by atoms with Crippen LogP contribution < -0.4 is 9.84 Å². The Morgan fingerprint density at radius 3 is 2.50 bits per heavy atom. The van der Waals surface area contributed by atoms with E-state index in [4.69, 9.17) is 4.74 Å². The second kappa shape index (κ2) is 5.51. The average molecular weight is 259 g/mol. The van der Waals surface area contributed by atoms with E-state index in [0.717, 1.165) is 11.3 Å². The van der Waals surface area contributed by atoms with E-state index in [1.165, 1.54) is 11.3 Å². The molecule has 18 heavy (non-hydrogen) atoms. The van der Waals surface area contributed by atoms with Crippen LogP contribution in [0.25, 0.3) is 11.6 Å². The highest BCUT2D eigenvalue weighted by molar-refractivity contribution is 7.11. The number of aliphatic carboxylic acids is 1. The molecule has 0 amide bonds. The Hall–Kier alpha value is -2.07. The number of carboxylic acid groups (broad SMARTS) is 1. The van der Waals surface area contributed by atoms with Crippen LogP contribution >= 0.6 is 11.3 Å². The molecule has 0 spiro atoms. The standard InChI is InChI=1S/C14H12O3S/c1-17-11-6-4-10(5-7-11)9-12(14(15)16)13-3-2-8-18-13/h2-9H,1H3,(H,15,16)/p-1/b12-9+. The van der Waals surface area contributed by atoms with Crippen LogP contribution in [0, 0.1) is 0 Å². The Balaban J connectivity index is 2.36. The van der Waals surface area contributed by atoms with Gasteiger partial charge in [0.15, 0.2) is 0 Å². The first-order chi connectivity index (χ1) is 8.70. The molecule has 0 fully saturated rings. The summed E-state index contributed by atoms with van der Waals surface area (Å²) in [7, 11) is 1.59. The van der Waals surface area contributed by atoms with Gasteiger partial charge in [0.25, 0.3) is 0 Å². The number of methoxy groups -OCH3 is 1. The lowest BCUT2D eigenvalue weighted by Gasteiger charge is -2.07. The first kappa shape index (κ1) is 12.4. The van der Waals surface area contributed by atoms with E-state index in [2.05, 4.69) is 0 Å². The number of hydrogen-bond acceptors (Lipinski definition) is 4. The van der Waals surface area contributed by atoms with Crippen LogP contribution in [0.2, 0.25) is 0 Å². The maximum atomic E-state index is 11.1. The second-order valence-electron chi connectivity index (χ2n) is 3.60. The summed E-state index contributed by atoms with van der Waals surface area (Å²) < 4.78 is 5.05. The third-order valence-corrected chi connectivity index (χ3v) is 3.34. The number of carbonyl (C=O) groups excluding carboxylic acids is 1. The zero-order valence-corrected chi connectivity index (χ0v) is 10.6. The number of ether oxygens (including phenoxy) is 1. The van der Waals surface area contributed by atoms with Crippen molar-refractivity contribution in [3.63, 3.8) is 0 Å². The maximum absolute atomic E-state index is 11.1. The van der Waals surface area contributed by atoms with Gasteiger partial charge in [-0.25, -0.2) is 0 Å². The topological polar surface area (TPSA) is 49.4 Å². The first-order valence-corrected chi connectivity index (χ1v) is 6.19. The molecule has 0 aliphatic carbocycles. The molecule has 0 aliphatic heterocycles. The molecule has 1 aromatic heterocycles. The molecule has 3 nitrogen and oxygen atoms in total. The van der Waals surface area contributed by atoms with Crippen LogP contribution in [0.5, 0.6) is 5.75 Å². The Bertz CT molecular complexity index is 553. The molecule has 1 aromatic carbocycles. The van der Waals surface area contributed by atoms with Crippen molar-refractivity contribution in [2.75, 3.05) is 7.11 Å². The number of carbonyl (C=O) groups is 1. The van der Waals surface area contributed by atoms with Crippen LogP contribution in [0.4, 0.5) is 0 Å². The summed E-state index contributed by atoms with van der Waals surface area (Å²) in [6.07, 6.45) is 1.60. The lowest BCUT2D eigenvalue weighted by atomic mass is 10.1. The average Bonchev–Trinajstić information content (AvgIpc) is 2.90. The van der Waals surface area contributed by atoms with Crippen LogP contribution in [0.15, 0.2) is 41.8 Å². The Kier molecular flexibility index (Phi) is 3.79. The van der Waals surface area contributed by atoms with Gasteiger partial charge in [0.2, 0.25) is 0 Å². The highest BCUT2D eigenvalue weighted by atomic mass is 32.1. The van der Waals surface area contributed by atoms with Crippen molar-refractivity contribution in [3.05, 3.63) is 52.2 Å². The largest absolute Gasteiger partial charge is 0.545 e. The molecule has 0 saturated carbocycles. The van der Waals surface area contributed by atoms with Gasteiger partial charge in [0.1, 0.15) is 5.75 Å². The number of hydrogen-bond donors (Lipinski definition) is 0. The number of benzene rings is 1. The third-order valence-electron chi connectivity index (χ3n) is 2.43. The highest BCUT2D eigenvalue weighted by Crippen LogP contribution is 2.23. The summed E-state index contributed by atoms with van der Waals surface area (Å²) in [5, 5.41) is 13.0. The highest BCUT2D eigenvalue weighted by Gasteiger charge is 2.04. The third kappa shape index (κ3) is 2.78. The number of carboxylic acids is 1. The van der Waals surface area contributed by atoms with Crippen LogP contribution in [0.3, 0.4) is 0 Å². The number of thiophene rings is 1. The monoisotopic (exact) mass is 259 g/mol. The van der Waals surface area contributed by atoms with Crippen LogP contribution in [-0.4, -0.2) is 13.1 Å². The van der Waals surface area contributed by atoms with E-state index >= 15 is 0 Å². The Morgan fingerprint density at radius 1 is 1.28 bits per heavy atom. The van der Waals surface area contributed by atoms with Crippen molar-refractivity contribution in [2.45, 2.75) is 0 Å². The summed E-state index contributed by atoms with van der Waals surface area (Å²) in [6, 6.07) is 10.7. The van der Waals surface area contributed by atoms with Gasteiger partial charge < -0.3 is 14.6 Å². The van der Waals surface area contributed by atoms with Crippen molar-refractivity contribution in [2.24, 2.45) is 0 Å². The zero-order valence-electron chi connectivity index (χ0n) is 9.75. The molecule has 0 aliphatic rings. The normalized spacial score (nSPS) is 11.3. The fraction of sp³-hybridized carbons (Fsp3) is 0.0714. The molecular formula is C14H11O3S-. The summed E-state index contributed by atoms with van der Waals surface area (Å²) in [5.41, 5.74) is 0.985. The van der Waals surface area contributed by atoms with E-state index in [1.807, 2.05) is 11.4 Å². The van der Waals surface area contributed by atoms with E-state index in [9.17, 15) is 9.90 Å². The maximum Gasteiger partial charge on any atom is 0.118 e. The SMILES string of the molecule is COc1ccc(/C=C(/C(=O)[O-])c2cccs2)cc1. The molecule has 0 N–H and O–H groups in total. The molecule has 0 radical (unpaired) electrons. The van der Waals surface area contributed by atoms with E-state index in [-0.39, 0.29) is 5.57 Å². The van der Waals surface area contributed by atoms with Crippen molar-refractivity contribution >= 4 is 29.0 Å². The molecule has 1 heterocycles. The zero-order chi connectivity index (χ0) is 13.0. The van der Waals surface area contributed by atoms with E-state index in [0.29, 0.717) is 4.88 Å². The predicted octanol–water partition coefficient (Wildman–Crippen LogP) is 2.05. The quantitative estimate of drug-likeness (QED) is 0.789. The molecular weight excluding hydrogens is 248 g/mol. The molecule has 92 valence electrons. The molecule has 0 atom stereocenters. The minimum Gasteiger partial charge on any atom is -0.545 e. The van der Waals surface area contributed by atoms with Gasteiger partial charge >= 0.3 is 0 Å². The smallest absolute Gasteiger partial charge is 0.118 e. The lowest BCUT2D eigenvalue weighted by Crippen LogP contribution is -2.23. The summed E-state index contributed by atoms with van der Waals surface area (Å²) >= 11 is 1.37. The fourth-order valence-electron chi connectivity index (χ4n) is 1.53. The van der Waals surface area contributed by atoms with Gasteiger partial charge in [-0.2, -0.15) is 0 Å². The fourth-order valence-corrected chi connectivity index (χ4v) is 2.26. The van der Waals surface area contributed by atoms with Gasteiger partial charge in [-0.3, -0.25) is 0 Å². The van der Waals surface area contributed by atoms with E-state index in [1.54, 1.807) is 43.5 Å². The van der Waals surface area contributed by atoms with Crippen LogP contribution in [0.1, 0.15) is 10.4 Å². The molecule has 2 aromatic rings. The van der Waals surface area contributed by atoms with Gasteiger partial charge in [-0.1, -0.05) is 18.2 Å². The lowest BCUT2D eigenvalue weighted by molar-refractivity contribution is -0.295. The summed E-state index contributed by atoms with van der Waals surface area (Å²) in [5.74, 6) is -0.438. The van der Waals surface area contributed by atoms with Crippen LogP contribution in [-0.2, 0) is 4.79 Å². The molecule has 4 heteroatoms. The molecule has 0 unspecified atom stereocenters. The Morgan fingerprint density at radius 2 is 2.00 bits per heavy atom. The molecule has 0 bridgehead atoms.